The Bertz CT molecular complexity index is 1100. The number of carbonyl (C=O) groups is 1. The molecule has 3 aromatic rings. The number of amides is 1. The van der Waals surface area contributed by atoms with Crippen molar-refractivity contribution in [1.82, 2.24) is 19.7 Å². The molecule has 1 aliphatic heterocycles. The molecule has 7 heteroatoms. The Morgan fingerprint density at radius 3 is 2.47 bits per heavy atom. The van der Waals surface area contributed by atoms with Crippen molar-refractivity contribution < 1.29 is 4.79 Å². The van der Waals surface area contributed by atoms with Crippen LogP contribution in [0.3, 0.4) is 0 Å². The average molecular weight is 435 g/mol. The highest BCUT2D eigenvalue weighted by Crippen LogP contribution is 2.29. The van der Waals surface area contributed by atoms with Gasteiger partial charge in [0, 0.05) is 37.9 Å². The zero-order chi connectivity index (χ0) is 22.8. The lowest BCUT2D eigenvalue weighted by Gasteiger charge is -2.36. The van der Waals surface area contributed by atoms with E-state index in [-0.39, 0.29) is 17.9 Å². The molecule has 32 heavy (non-hydrogen) atoms. The van der Waals surface area contributed by atoms with Crippen LogP contribution in [0, 0.1) is 0 Å². The van der Waals surface area contributed by atoms with Crippen LogP contribution in [-0.4, -0.2) is 58.3 Å². The SMILES string of the molecule is CCN1CCN(c2ccccc2NC(=O)c2cc(C(C)C)nc3c2cnn3C(C)C)CC1. The molecule has 1 saturated heterocycles. The van der Waals surface area contributed by atoms with E-state index in [9.17, 15) is 4.79 Å². The molecule has 3 heterocycles. The van der Waals surface area contributed by atoms with E-state index in [2.05, 4.69) is 60.9 Å². The Balaban J connectivity index is 1.67. The number of likely N-dealkylation sites (N-methyl/N-ethyl adjacent to an activating group) is 1. The first-order valence-electron chi connectivity index (χ1n) is 11.6. The van der Waals surface area contributed by atoms with Crippen molar-refractivity contribution in [2.45, 2.75) is 46.6 Å². The van der Waals surface area contributed by atoms with Crippen LogP contribution in [0.15, 0.2) is 36.5 Å². The molecule has 170 valence electrons. The predicted octanol–water partition coefficient (Wildman–Crippen LogP) is 4.53. The van der Waals surface area contributed by atoms with Crippen LogP contribution in [-0.2, 0) is 0 Å². The van der Waals surface area contributed by atoms with Crippen molar-refractivity contribution in [3.8, 4) is 0 Å². The third-order valence-corrected chi connectivity index (χ3v) is 6.22. The van der Waals surface area contributed by atoms with E-state index in [1.165, 1.54) is 0 Å². The Morgan fingerprint density at radius 2 is 1.81 bits per heavy atom. The third-order valence-electron chi connectivity index (χ3n) is 6.22. The smallest absolute Gasteiger partial charge is 0.256 e. The molecular formula is C25H34N6O. The fourth-order valence-electron chi connectivity index (χ4n) is 4.25. The van der Waals surface area contributed by atoms with Gasteiger partial charge >= 0.3 is 0 Å². The number of benzene rings is 1. The molecule has 0 bridgehead atoms. The monoisotopic (exact) mass is 434 g/mol. The summed E-state index contributed by atoms with van der Waals surface area (Å²) in [5, 5.41) is 8.49. The fraction of sp³-hybridized carbons (Fsp3) is 0.480. The predicted molar refractivity (Wildman–Crippen MR) is 131 cm³/mol. The first kappa shape index (κ1) is 22.3. The molecule has 0 radical (unpaired) electrons. The number of para-hydroxylation sites is 2. The van der Waals surface area contributed by atoms with Crippen molar-refractivity contribution in [1.29, 1.82) is 0 Å². The van der Waals surface area contributed by atoms with Crippen LogP contribution < -0.4 is 10.2 Å². The number of fused-ring (bicyclic) bond motifs is 1. The molecular weight excluding hydrogens is 400 g/mol. The van der Waals surface area contributed by atoms with Crippen LogP contribution >= 0.6 is 0 Å². The van der Waals surface area contributed by atoms with E-state index in [0.29, 0.717) is 5.56 Å². The van der Waals surface area contributed by atoms with E-state index in [1.807, 2.05) is 28.9 Å². The minimum absolute atomic E-state index is 0.123. The zero-order valence-electron chi connectivity index (χ0n) is 19.8. The van der Waals surface area contributed by atoms with E-state index in [0.717, 1.165) is 60.8 Å². The first-order valence-corrected chi connectivity index (χ1v) is 11.6. The van der Waals surface area contributed by atoms with Gasteiger partial charge in [-0.2, -0.15) is 5.10 Å². The van der Waals surface area contributed by atoms with Gasteiger partial charge in [0.2, 0.25) is 0 Å². The summed E-state index contributed by atoms with van der Waals surface area (Å²) in [6.45, 7) is 15.6. The van der Waals surface area contributed by atoms with Crippen molar-refractivity contribution in [3.05, 3.63) is 47.8 Å². The second-order valence-electron chi connectivity index (χ2n) is 9.06. The van der Waals surface area contributed by atoms with Crippen LogP contribution in [0.2, 0.25) is 0 Å². The minimum Gasteiger partial charge on any atom is -0.367 e. The largest absolute Gasteiger partial charge is 0.367 e. The molecule has 1 fully saturated rings. The van der Waals surface area contributed by atoms with Gasteiger partial charge in [0.1, 0.15) is 0 Å². The summed E-state index contributed by atoms with van der Waals surface area (Å²) < 4.78 is 1.89. The molecule has 1 aliphatic rings. The van der Waals surface area contributed by atoms with Gasteiger partial charge in [-0.1, -0.05) is 32.9 Å². The topological polar surface area (TPSA) is 66.3 Å². The Morgan fingerprint density at radius 1 is 1.09 bits per heavy atom. The molecule has 4 rings (SSSR count). The number of rotatable bonds is 6. The Hall–Kier alpha value is -2.93. The summed E-state index contributed by atoms with van der Waals surface area (Å²) in [4.78, 5) is 23.1. The molecule has 0 atom stereocenters. The van der Waals surface area contributed by atoms with Gasteiger partial charge in [-0.15, -0.1) is 0 Å². The maximum atomic E-state index is 13.5. The third kappa shape index (κ3) is 4.35. The quantitative estimate of drug-likeness (QED) is 0.617. The molecule has 7 nitrogen and oxygen atoms in total. The molecule has 2 aromatic heterocycles. The van der Waals surface area contributed by atoms with E-state index in [4.69, 9.17) is 4.98 Å². The van der Waals surface area contributed by atoms with Crippen LogP contribution in [0.5, 0.6) is 0 Å². The fourth-order valence-corrected chi connectivity index (χ4v) is 4.25. The van der Waals surface area contributed by atoms with Gasteiger partial charge in [0.05, 0.1) is 28.5 Å². The normalized spacial score (nSPS) is 15.2. The molecule has 0 saturated carbocycles. The molecule has 0 spiro atoms. The van der Waals surface area contributed by atoms with Gasteiger partial charge in [-0.25, -0.2) is 9.67 Å². The highest BCUT2D eigenvalue weighted by molar-refractivity contribution is 6.13. The summed E-state index contributed by atoms with van der Waals surface area (Å²) >= 11 is 0. The number of piperazine rings is 1. The number of anilines is 2. The van der Waals surface area contributed by atoms with Gasteiger partial charge in [-0.05, 0) is 44.5 Å². The highest BCUT2D eigenvalue weighted by atomic mass is 16.1. The molecule has 1 N–H and O–H groups in total. The number of nitrogens with one attached hydrogen (secondary N) is 1. The number of hydrogen-bond donors (Lipinski definition) is 1. The van der Waals surface area contributed by atoms with E-state index < -0.39 is 0 Å². The number of aromatic nitrogens is 3. The standard InChI is InChI=1S/C25H34N6O/c1-6-29-11-13-30(14-12-29)23-10-8-7-9-21(23)28-25(32)19-15-22(17(2)3)27-24-20(19)16-26-31(24)18(4)5/h7-10,15-18H,6,11-14H2,1-5H3,(H,28,32). The summed E-state index contributed by atoms with van der Waals surface area (Å²) in [5.74, 6) is 0.0888. The van der Waals surface area contributed by atoms with Gasteiger partial charge in [0.25, 0.3) is 5.91 Å². The Labute approximate surface area is 190 Å². The minimum atomic E-state index is -0.123. The van der Waals surface area contributed by atoms with Crippen molar-refractivity contribution >= 4 is 28.3 Å². The van der Waals surface area contributed by atoms with Crippen LogP contribution in [0.4, 0.5) is 11.4 Å². The van der Waals surface area contributed by atoms with Crippen LogP contribution in [0.1, 0.15) is 62.6 Å². The summed E-state index contributed by atoms with van der Waals surface area (Å²) in [6.07, 6.45) is 1.76. The van der Waals surface area contributed by atoms with Crippen molar-refractivity contribution in [2.24, 2.45) is 0 Å². The van der Waals surface area contributed by atoms with Gasteiger partial charge < -0.3 is 15.1 Å². The van der Waals surface area contributed by atoms with Crippen molar-refractivity contribution in [2.75, 3.05) is 42.9 Å². The molecule has 1 amide bonds. The molecule has 0 aliphatic carbocycles. The summed E-state index contributed by atoms with van der Waals surface area (Å²) in [6, 6.07) is 10.2. The van der Waals surface area contributed by atoms with Crippen LogP contribution in [0.25, 0.3) is 11.0 Å². The average Bonchev–Trinajstić information content (AvgIpc) is 3.23. The lowest BCUT2D eigenvalue weighted by molar-refractivity contribution is 0.102. The van der Waals surface area contributed by atoms with Crippen molar-refractivity contribution in [3.63, 3.8) is 0 Å². The zero-order valence-corrected chi connectivity index (χ0v) is 19.8. The van der Waals surface area contributed by atoms with E-state index in [1.54, 1.807) is 6.20 Å². The first-order chi connectivity index (χ1) is 15.4. The number of nitrogens with zero attached hydrogens (tertiary/aromatic N) is 5. The maximum absolute atomic E-state index is 13.5. The number of hydrogen-bond acceptors (Lipinski definition) is 5. The summed E-state index contributed by atoms with van der Waals surface area (Å²) in [7, 11) is 0. The second-order valence-corrected chi connectivity index (χ2v) is 9.06. The lowest BCUT2D eigenvalue weighted by Crippen LogP contribution is -2.46. The van der Waals surface area contributed by atoms with E-state index >= 15 is 0 Å². The Kier molecular flexibility index (Phi) is 6.46. The molecule has 1 aromatic carbocycles. The van der Waals surface area contributed by atoms with Gasteiger partial charge in [-0.3, -0.25) is 4.79 Å². The number of pyridine rings is 1. The maximum Gasteiger partial charge on any atom is 0.256 e. The second kappa shape index (κ2) is 9.28. The van der Waals surface area contributed by atoms with Gasteiger partial charge in [0.15, 0.2) is 5.65 Å². The molecule has 0 unspecified atom stereocenters. The highest BCUT2D eigenvalue weighted by Gasteiger charge is 2.22. The summed E-state index contributed by atoms with van der Waals surface area (Å²) in [5.41, 5.74) is 4.20. The number of carbonyl (C=O) groups excluding carboxylic acids is 1. The lowest BCUT2D eigenvalue weighted by atomic mass is 10.0.